The van der Waals surface area contributed by atoms with Gasteiger partial charge in [0.05, 0.1) is 5.52 Å². The van der Waals surface area contributed by atoms with Gasteiger partial charge in [-0.3, -0.25) is 9.13 Å². The molecule has 0 aliphatic heterocycles. The van der Waals surface area contributed by atoms with Crippen LogP contribution >= 0.6 is 7.37 Å². The molecule has 0 aliphatic carbocycles. The highest BCUT2D eigenvalue weighted by Gasteiger charge is 2.32. The maximum atomic E-state index is 12.2. The summed E-state index contributed by atoms with van der Waals surface area (Å²) >= 11 is 0. The van der Waals surface area contributed by atoms with Crippen LogP contribution in [0.25, 0.3) is 11.2 Å². The average Bonchev–Trinajstić information content (AvgIpc) is 2.74. The number of hydrogen-bond acceptors (Lipinski definition) is 4. The van der Waals surface area contributed by atoms with Crippen LogP contribution in [-0.4, -0.2) is 27.9 Å². The van der Waals surface area contributed by atoms with Crippen LogP contribution in [0.3, 0.4) is 0 Å². The summed E-state index contributed by atoms with van der Waals surface area (Å²) in [5.74, 6) is 1.49. The van der Waals surface area contributed by atoms with E-state index in [0.29, 0.717) is 11.6 Å². The Morgan fingerprint density at radius 3 is 2.26 bits per heavy atom. The van der Waals surface area contributed by atoms with Crippen molar-refractivity contribution >= 4 is 18.5 Å². The van der Waals surface area contributed by atoms with Gasteiger partial charge in [-0.1, -0.05) is 27.7 Å². The Hall–Kier alpha value is -1.19. The molecule has 6 heteroatoms. The van der Waals surface area contributed by atoms with Crippen LogP contribution in [0.15, 0.2) is 12.3 Å². The molecule has 0 aliphatic rings. The Morgan fingerprint density at radius 1 is 1.17 bits per heavy atom. The largest absolute Gasteiger partial charge is 0.302 e. The maximum Gasteiger partial charge on any atom is 0.199 e. The van der Waals surface area contributed by atoms with E-state index in [9.17, 15) is 4.57 Å². The first kappa shape index (κ1) is 18.2. The van der Waals surface area contributed by atoms with Crippen LogP contribution in [0.4, 0.5) is 0 Å². The van der Waals surface area contributed by atoms with Gasteiger partial charge in [0, 0.05) is 25.4 Å². The molecule has 0 radical (unpaired) electrons. The Morgan fingerprint density at radius 2 is 1.78 bits per heavy atom. The summed E-state index contributed by atoms with van der Waals surface area (Å²) in [4.78, 5) is 9.21. The zero-order valence-corrected chi connectivity index (χ0v) is 16.3. The summed E-state index contributed by atoms with van der Waals surface area (Å²) in [5, 5.41) is 0. The lowest BCUT2D eigenvalue weighted by Crippen LogP contribution is -2.30. The van der Waals surface area contributed by atoms with Gasteiger partial charge in [-0.2, -0.15) is 0 Å². The summed E-state index contributed by atoms with van der Waals surface area (Å²) in [6, 6.07) is 2.12. The number of rotatable bonds is 5. The van der Waals surface area contributed by atoms with E-state index in [1.54, 1.807) is 13.3 Å². The summed E-state index contributed by atoms with van der Waals surface area (Å²) in [6.45, 7) is 15.6. The van der Waals surface area contributed by atoms with Crippen molar-refractivity contribution in [2.24, 2.45) is 0 Å². The number of hydrogen-bond donors (Lipinski definition) is 0. The fourth-order valence-electron chi connectivity index (χ4n) is 2.84. The molecule has 2 rings (SSSR count). The van der Waals surface area contributed by atoms with Crippen molar-refractivity contribution in [3.05, 3.63) is 23.7 Å². The third-order valence-electron chi connectivity index (χ3n) is 3.72. The second-order valence-corrected chi connectivity index (χ2v) is 10.2. The fraction of sp³-hybridized carbons (Fsp3) is 0.647. The summed E-state index contributed by atoms with van der Waals surface area (Å²) in [5.41, 5.74) is 2.03. The molecule has 5 nitrogen and oxygen atoms in total. The van der Waals surface area contributed by atoms with E-state index in [1.807, 2.05) is 24.6 Å². The zero-order valence-electron chi connectivity index (χ0n) is 15.4. The topological polar surface area (TPSA) is 57.0 Å². The van der Waals surface area contributed by atoms with Crippen LogP contribution in [0.1, 0.15) is 64.8 Å². The number of fused-ring (bicyclic) bond motifs is 1. The van der Waals surface area contributed by atoms with Crippen molar-refractivity contribution in [2.45, 2.75) is 59.1 Å². The zero-order chi connectivity index (χ0) is 17.6. The third-order valence-corrected chi connectivity index (χ3v) is 4.61. The van der Waals surface area contributed by atoms with Crippen molar-refractivity contribution in [1.29, 1.82) is 0 Å². The molecule has 0 saturated heterocycles. The Kier molecular flexibility index (Phi) is 4.76. The van der Waals surface area contributed by atoms with E-state index in [0.717, 1.165) is 16.9 Å². The first-order valence-corrected chi connectivity index (χ1v) is 10.6. The smallest absolute Gasteiger partial charge is 0.199 e. The quantitative estimate of drug-likeness (QED) is 0.726. The maximum absolute atomic E-state index is 12.2. The van der Waals surface area contributed by atoms with Gasteiger partial charge in [0.25, 0.3) is 0 Å². The number of nitrogens with zero attached hydrogens (tertiary/aromatic N) is 3. The Bertz CT molecular complexity index is 757. The molecule has 0 atom stereocenters. The third kappa shape index (κ3) is 3.84. The molecule has 0 spiro atoms. The summed E-state index contributed by atoms with van der Waals surface area (Å²) in [7, 11) is -2.66. The minimum absolute atomic E-state index is 0.211. The highest BCUT2D eigenvalue weighted by Crippen LogP contribution is 2.45. The van der Waals surface area contributed by atoms with E-state index < -0.39 is 13.1 Å². The molecule has 0 aromatic carbocycles. The first-order chi connectivity index (χ1) is 10.4. The van der Waals surface area contributed by atoms with Crippen molar-refractivity contribution in [1.82, 2.24) is 14.5 Å². The van der Waals surface area contributed by atoms with Crippen LogP contribution in [0.5, 0.6) is 0 Å². The first-order valence-electron chi connectivity index (χ1n) is 8.07. The molecule has 0 fully saturated rings. The Labute approximate surface area is 138 Å². The van der Waals surface area contributed by atoms with Gasteiger partial charge in [-0.05, 0) is 31.4 Å². The Balaban J connectivity index is 2.74. The lowest BCUT2D eigenvalue weighted by molar-refractivity contribution is 0.0369. The molecule has 2 aromatic rings. The van der Waals surface area contributed by atoms with Crippen molar-refractivity contribution in [3.63, 3.8) is 0 Å². The number of imidazole rings is 1. The van der Waals surface area contributed by atoms with Gasteiger partial charge in [0.1, 0.15) is 11.5 Å². The minimum atomic E-state index is -2.66. The van der Waals surface area contributed by atoms with E-state index in [1.165, 1.54) is 0 Å². The van der Waals surface area contributed by atoms with E-state index in [-0.39, 0.29) is 5.92 Å². The lowest BCUT2D eigenvalue weighted by Gasteiger charge is -2.32. The van der Waals surface area contributed by atoms with Crippen LogP contribution in [0.2, 0.25) is 0 Å². The number of pyridine rings is 1. The van der Waals surface area contributed by atoms with Crippen LogP contribution < -0.4 is 0 Å². The second-order valence-electron chi connectivity index (χ2n) is 7.52. The van der Waals surface area contributed by atoms with Crippen molar-refractivity contribution < 1.29 is 9.09 Å². The average molecular weight is 337 g/mol. The molecular weight excluding hydrogens is 309 g/mol. The monoisotopic (exact) mass is 337 g/mol. The van der Waals surface area contributed by atoms with Gasteiger partial charge >= 0.3 is 0 Å². The van der Waals surface area contributed by atoms with E-state index in [2.05, 4.69) is 38.7 Å². The van der Waals surface area contributed by atoms with Crippen LogP contribution in [0, 0.1) is 0 Å². The number of aromatic nitrogens is 3. The minimum Gasteiger partial charge on any atom is -0.302 e. The molecule has 23 heavy (non-hydrogen) atoms. The summed E-state index contributed by atoms with van der Waals surface area (Å²) < 4.78 is 20.2. The molecular formula is C17H28N3O2P. The SMILES string of the molecule is CC(C)c1cnc2nc(C(C)C)n(C(C)(C)OP(C)(C)=O)c2c1. The highest BCUT2D eigenvalue weighted by atomic mass is 31.2. The van der Waals surface area contributed by atoms with E-state index >= 15 is 0 Å². The summed E-state index contributed by atoms with van der Waals surface area (Å²) in [6.07, 6.45) is 1.88. The lowest BCUT2D eigenvalue weighted by atomic mass is 10.1. The van der Waals surface area contributed by atoms with Gasteiger partial charge in [-0.25, -0.2) is 9.97 Å². The molecule has 128 valence electrons. The van der Waals surface area contributed by atoms with Gasteiger partial charge in [-0.15, -0.1) is 0 Å². The molecule has 0 saturated carbocycles. The van der Waals surface area contributed by atoms with E-state index in [4.69, 9.17) is 9.51 Å². The molecule has 2 heterocycles. The van der Waals surface area contributed by atoms with Gasteiger partial charge < -0.3 is 4.52 Å². The molecule has 0 N–H and O–H groups in total. The van der Waals surface area contributed by atoms with Crippen LogP contribution in [-0.2, 0) is 14.8 Å². The van der Waals surface area contributed by atoms with Crippen molar-refractivity contribution in [3.8, 4) is 0 Å². The molecule has 0 amide bonds. The molecule has 2 aromatic heterocycles. The molecule has 0 unspecified atom stereocenters. The van der Waals surface area contributed by atoms with Crippen molar-refractivity contribution in [2.75, 3.05) is 13.3 Å². The molecule has 0 bridgehead atoms. The van der Waals surface area contributed by atoms with Gasteiger partial charge in [0.15, 0.2) is 13.0 Å². The second kappa shape index (κ2) is 6.03. The standard InChI is InChI=1S/C17H28N3O2P/c1-11(2)13-9-14-15(18-10-13)19-16(12(3)4)20(14)17(5,6)22-23(7,8)21/h9-12H,1-8H3. The predicted molar refractivity (Wildman–Crippen MR) is 95.6 cm³/mol. The van der Waals surface area contributed by atoms with Gasteiger partial charge in [0.2, 0.25) is 0 Å². The predicted octanol–water partition coefficient (Wildman–Crippen LogP) is 4.93. The highest BCUT2D eigenvalue weighted by molar-refractivity contribution is 7.57. The fourth-order valence-corrected chi connectivity index (χ4v) is 4.00. The normalized spacial score (nSPS) is 13.5.